The molecule has 3 heterocycles. The molecule has 0 amide bonds. The number of hydrogen-bond donors (Lipinski definition) is 0. The number of rotatable bonds is 5. The maximum absolute atomic E-state index is 6.71. The normalized spacial score (nSPS) is 11.9. The summed E-state index contributed by atoms with van der Waals surface area (Å²) in [6.07, 6.45) is 0. The van der Waals surface area contributed by atoms with Crippen LogP contribution in [0.4, 0.5) is 17.1 Å². The topological polar surface area (TPSA) is 21.3 Å². The SMILES string of the molecule is c1cc(-c2ccc(N(c3cccc4c3sc3ccccc34)c3cccc4oc5c6ccccc6ccc5c34)cc2)cc(-n2c3ccccc3c3ccccc32)c1. The second-order valence-corrected chi connectivity index (χ2v) is 15.5. The number of hydrogen-bond acceptors (Lipinski definition) is 3. The molecule has 9 aromatic carbocycles. The molecule has 3 aromatic heterocycles. The van der Waals surface area contributed by atoms with E-state index in [2.05, 4.69) is 204 Å². The molecule has 0 radical (unpaired) electrons. The van der Waals surface area contributed by atoms with Crippen molar-refractivity contribution >= 4 is 103 Å². The highest BCUT2D eigenvalue weighted by molar-refractivity contribution is 7.26. The maximum atomic E-state index is 6.71. The first-order valence-corrected chi connectivity index (χ1v) is 19.8. The minimum absolute atomic E-state index is 0.876. The average Bonchev–Trinajstić information content (AvgIpc) is 3.95. The van der Waals surface area contributed by atoms with Crippen molar-refractivity contribution in [3.8, 4) is 16.8 Å². The van der Waals surface area contributed by atoms with Crippen LogP contribution >= 0.6 is 11.3 Å². The van der Waals surface area contributed by atoms with E-state index < -0.39 is 0 Å². The number of furan rings is 1. The second-order valence-electron chi connectivity index (χ2n) is 14.5. The van der Waals surface area contributed by atoms with Crippen LogP contribution in [0.25, 0.3) is 91.5 Å². The van der Waals surface area contributed by atoms with E-state index in [1.54, 1.807) is 0 Å². The highest BCUT2D eigenvalue weighted by atomic mass is 32.1. The Morgan fingerprint density at radius 2 is 1.11 bits per heavy atom. The molecule has 0 fully saturated rings. The van der Waals surface area contributed by atoms with Crippen molar-refractivity contribution in [2.24, 2.45) is 0 Å². The van der Waals surface area contributed by atoms with Gasteiger partial charge in [-0.25, -0.2) is 0 Å². The molecule has 0 saturated heterocycles. The van der Waals surface area contributed by atoms with E-state index in [4.69, 9.17) is 4.42 Å². The van der Waals surface area contributed by atoms with Crippen LogP contribution in [0.15, 0.2) is 199 Å². The lowest BCUT2D eigenvalue weighted by Gasteiger charge is -2.27. The molecule has 0 spiro atoms. The number of anilines is 3. The van der Waals surface area contributed by atoms with Gasteiger partial charge in [0.2, 0.25) is 0 Å². The van der Waals surface area contributed by atoms with Crippen LogP contribution in [0.5, 0.6) is 0 Å². The Morgan fingerprint density at radius 3 is 1.93 bits per heavy atom. The Morgan fingerprint density at radius 1 is 0.446 bits per heavy atom. The zero-order chi connectivity index (χ0) is 36.7. The van der Waals surface area contributed by atoms with E-state index in [0.717, 1.165) is 55.6 Å². The first-order chi connectivity index (χ1) is 27.8. The maximum Gasteiger partial charge on any atom is 0.143 e. The minimum atomic E-state index is 0.876. The van der Waals surface area contributed by atoms with Gasteiger partial charge in [-0.2, -0.15) is 0 Å². The fourth-order valence-electron chi connectivity index (χ4n) is 8.87. The van der Waals surface area contributed by atoms with Gasteiger partial charge in [-0.15, -0.1) is 11.3 Å². The lowest BCUT2D eigenvalue weighted by Crippen LogP contribution is -2.10. The summed E-state index contributed by atoms with van der Waals surface area (Å²) in [6.45, 7) is 0. The summed E-state index contributed by atoms with van der Waals surface area (Å²) in [7, 11) is 0. The summed E-state index contributed by atoms with van der Waals surface area (Å²) in [4.78, 5) is 2.43. The average molecular weight is 733 g/mol. The molecule has 0 N–H and O–H groups in total. The zero-order valence-corrected chi connectivity index (χ0v) is 31.0. The highest BCUT2D eigenvalue weighted by Gasteiger charge is 2.23. The van der Waals surface area contributed by atoms with E-state index in [-0.39, 0.29) is 0 Å². The molecule has 0 aliphatic heterocycles. The van der Waals surface area contributed by atoms with Crippen molar-refractivity contribution in [2.45, 2.75) is 0 Å². The van der Waals surface area contributed by atoms with Gasteiger partial charge in [0, 0.05) is 48.4 Å². The van der Waals surface area contributed by atoms with E-state index in [0.29, 0.717) is 0 Å². The largest absolute Gasteiger partial charge is 0.455 e. The summed E-state index contributed by atoms with van der Waals surface area (Å²) in [5.74, 6) is 0. The van der Waals surface area contributed by atoms with Crippen molar-refractivity contribution in [2.75, 3.05) is 4.90 Å². The van der Waals surface area contributed by atoms with Gasteiger partial charge in [0.1, 0.15) is 11.2 Å². The van der Waals surface area contributed by atoms with Gasteiger partial charge in [0.05, 0.1) is 32.5 Å². The van der Waals surface area contributed by atoms with E-state index >= 15 is 0 Å². The monoisotopic (exact) mass is 732 g/mol. The van der Waals surface area contributed by atoms with Crippen molar-refractivity contribution in [1.29, 1.82) is 0 Å². The molecule has 4 heteroatoms. The smallest absolute Gasteiger partial charge is 0.143 e. The van der Waals surface area contributed by atoms with Gasteiger partial charge in [0.25, 0.3) is 0 Å². The van der Waals surface area contributed by atoms with Crippen LogP contribution in [-0.2, 0) is 0 Å². The molecule has 0 atom stereocenters. The van der Waals surface area contributed by atoms with E-state index in [9.17, 15) is 0 Å². The van der Waals surface area contributed by atoms with Crippen molar-refractivity contribution in [3.63, 3.8) is 0 Å². The third-order valence-electron chi connectivity index (χ3n) is 11.4. The van der Waals surface area contributed by atoms with Gasteiger partial charge in [-0.05, 0) is 83.2 Å². The number of thiophene rings is 1. The first kappa shape index (κ1) is 31.2. The summed E-state index contributed by atoms with van der Waals surface area (Å²) in [6, 6.07) is 70.1. The fraction of sp³-hybridized carbons (Fsp3) is 0. The quantitative estimate of drug-likeness (QED) is 0.176. The lowest BCUT2D eigenvalue weighted by molar-refractivity contribution is 0.672. The van der Waals surface area contributed by atoms with Crippen LogP contribution in [0.1, 0.15) is 0 Å². The Bertz CT molecular complexity index is 3440. The molecule has 12 aromatic rings. The molecule has 0 bridgehead atoms. The first-order valence-electron chi connectivity index (χ1n) is 19.0. The van der Waals surface area contributed by atoms with E-state index in [1.807, 2.05) is 11.3 Å². The predicted molar refractivity (Wildman–Crippen MR) is 239 cm³/mol. The molecule has 0 aliphatic rings. The van der Waals surface area contributed by atoms with Gasteiger partial charge >= 0.3 is 0 Å². The lowest BCUT2D eigenvalue weighted by atomic mass is 10.0. The number of benzene rings is 9. The number of aromatic nitrogens is 1. The zero-order valence-electron chi connectivity index (χ0n) is 30.2. The molecule has 0 unspecified atom stereocenters. The molecule has 12 rings (SSSR count). The van der Waals surface area contributed by atoms with Gasteiger partial charge in [0.15, 0.2) is 0 Å². The van der Waals surface area contributed by atoms with Crippen LogP contribution in [0.2, 0.25) is 0 Å². The molecule has 262 valence electrons. The second kappa shape index (κ2) is 12.2. The number of para-hydroxylation sites is 2. The molecule has 56 heavy (non-hydrogen) atoms. The summed E-state index contributed by atoms with van der Waals surface area (Å²) < 4.78 is 11.6. The molecule has 0 aliphatic carbocycles. The number of fused-ring (bicyclic) bond motifs is 11. The van der Waals surface area contributed by atoms with Crippen molar-refractivity contribution < 1.29 is 4.42 Å². The summed E-state index contributed by atoms with van der Waals surface area (Å²) >= 11 is 1.85. The highest BCUT2D eigenvalue weighted by Crippen LogP contribution is 2.48. The van der Waals surface area contributed by atoms with Crippen LogP contribution in [-0.4, -0.2) is 4.57 Å². The van der Waals surface area contributed by atoms with Crippen LogP contribution in [0, 0.1) is 0 Å². The van der Waals surface area contributed by atoms with Crippen LogP contribution < -0.4 is 4.90 Å². The standard InChI is InChI=1S/C52H32N2OS/c1-2-15-38-34(12-1)28-31-43-50-46(22-11-24-48(50)55-51(38)43)53(47-23-10-19-42-41-18-5-8-25-49(41)56-52(42)47)36-29-26-33(27-30-36)35-13-9-14-37(32-35)54-44-20-6-3-16-39(44)40-17-4-7-21-45(40)54/h1-32H. The Balaban J connectivity index is 1.05. The molecule has 3 nitrogen and oxygen atoms in total. The summed E-state index contributed by atoms with van der Waals surface area (Å²) in [5, 5.41) is 9.59. The van der Waals surface area contributed by atoms with Gasteiger partial charge < -0.3 is 13.9 Å². The third kappa shape index (κ3) is 4.63. The Hall–Kier alpha value is -7.14. The molecular formula is C52H32N2OS. The van der Waals surface area contributed by atoms with Crippen LogP contribution in [0.3, 0.4) is 0 Å². The Kier molecular flexibility index (Phi) is 6.80. The van der Waals surface area contributed by atoms with E-state index in [1.165, 1.54) is 52.9 Å². The Labute approximate surface area is 326 Å². The predicted octanol–water partition coefficient (Wildman–Crippen LogP) is 15.3. The van der Waals surface area contributed by atoms with Crippen molar-refractivity contribution in [1.82, 2.24) is 4.57 Å². The minimum Gasteiger partial charge on any atom is -0.455 e. The number of nitrogens with zero attached hydrogens (tertiary/aromatic N) is 2. The van der Waals surface area contributed by atoms with Gasteiger partial charge in [-0.1, -0.05) is 127 Å². The third-order valence-corrected chi connectivity index (χ3v) is 12.6. The summed E-state index contributed by atoms with van der Waals surface area (Å²) in [5.41, 5.74) is 11.0. The molecular weight excluding hydrogens is 701 g/mol. The molecule has 0 saturated carbocycles. The fourth-order valence-corrected chi connectivity index (χ4v) is 10.1. The van der Waals surface area contributed by atoms with Gasteiger partial charge in [-0.3, -0.25) is 0 Å². The van der Waals surface area contributed by atoms with Crippen molar-refractivity contribution in [3.05, 3.63) is 194 Å².